The summed E-state index contributed by atoms with van der Waals surface area (Å²) in [5.41, 5.74) is 2.75. The topological polar surface area (TPSA) is 0 Å². The van der Waals surface area contributed by atoms with Gasteiger partial charge in [-0.1, -0.05) is 47.5 Å². The number of rotatable bonds is 5. The van der Waals surface area contributed by atoms with Crippen LogP contribution in [0, 0.1) is 25.7 Å². The average Bonchev–Trinajstić information content (AvgIpc) is 2.21. The Morgan fingerprint density at radius 2 is 1.94 bits per heavy atom. The monoisotopic (exact) mass is 300 g/mol. The van der Waals surface area contributed by atoms with Crippen LogP contribution in [0.4, 0.5) is 0 Å². The second-order valence-electron chi connectivity index (χ2n) is 4.74. The highest BCUT2D eigenvalue weighted by atomic mass is 79.9. The average molecular weight is 301 g/mol. The van der Waals surface area contributed by atoms with Crippen molar-refractivity contribution in [3.63, 3.8) is 0 Å². The van der Waals surface area contributed by atoms with Crippen molar-refractivity contribution < 1.29 is 0 Å². The lowest BCUT2D eigenvalue weighted by Crippen LogP contribution is -2.12. The Balaban J connectivity index is 2.60. The Kier molecular flexibility index (Phi) is 5.91. The third kappa shape index (κ3) is 4.14. The number of benzene rings is 1. The molecule has 0 amide bonds. The summed E-state index contributed by atoms with van der Waals surface area (Å²) in [5, 5.41) is 1.10. The summed E-state index contributed by atoms with van der Waals surface area (Å²) in [6.45, 7) is 8.95. The van der Waals surface area contributed by atoms with E-state index in [1.54, 1.807) is 0 Å². The summed E-state index contributed by atoms with van der Waals surface area (Å²) in [5.74, 6) is 2.70. The van der Waals surface area contributed by atoms with Gasteiger partial charge in [0.2, 0.25) is 0 Å². The van der Waals surface area contributed by atoms with Gasteiger partial charge in [-0.25, -0.2) is 0 Å². The predicted molar refractivity (Wildman–Crippen MR) is 78.8 cm³/mol. The lowest BCUT2D eigenvalue weighted by Gasteiger charge is -2.18. The third-order valence-corrected chi connectivity index (χ3v) is 5.12. The number of alkyl halides is 1. The first-order chi connectivity index (χ1) is 7.54. The molecule has 1 rings (SSSR count). The Labute approximate surface area is 112 Å². The fourth-order valence-corrected chi connectivity index (χ4v) is 4.20. The van der Waals surface area contributed by atoms with Crippen molar-refractivity contribution in [2.24, 2.45) is 11.8 Å². The molecule has 1 atom stereocenters. The van der Waals surface area contributed by atoms with Crippen LogP contribution in [0.2, 0.25) is 0 Å². The van der Waals surface area contributed by atoms with E-state index in [9.17, 15) is 0 Å². The maximum absolute atomic E-state index is 3.61. The third-order valence-electron chi connectivity index (χ3n) is 2.92. The molecule has 0 radical (unpaired) electrons. The van der Waals surface area contributed by atoms with Gasteiger partial charge >= 0.3 is 0 Å². The normalized spacial score (nSPS) is 13.1. The number of aryl methyl sites for hydroxylation is 2. The molecule has 0 N–H and O–H groups in total. The fraction of sp³-hybridized carbons (Fsp3) is 0.571. The molecule has 0 aliphatic carbocycles. The van der Waals surface area contributed by atoms with E-state index in [0.717, 1.165) is 17.2 Å². The molecule has 0 nitrogen and oxygen atoms in total. The molecule has 1 unspecified atom stereocenters. The zero-order valence-corrected chi connectivity index (χ0v) is 13.0. The number of halogens is 1. The van der Waals surface area contributed by atoms with Crippen molar-refractivity contribution in [3.05, 3.63) is 29.3 Å². The standard InChI is InChI=1S/C14H21BrS/c1-10(2)13(8-15)9-16-14-6-5-11(3)7-12(14)4/h5-7,10,13H,8-9H2,1-4H3. The quantitative estimate of drug-likeness (QED) is 0.541. The molecule has 16 heavy (non-hydrogen) atoms. The molecule has 0 aliphatic rings. The van der Waals surface area contributed by atoms with E-state index in [-0.39, 0.29) is 0 Å². The van der Waals surface area contributed by atoms with Crippen LogP contribution in [0.25, 0.3) is 0 Å². The lowest BCUT2D eigenvalue weighted by molar-refractivity contribution is 0.474. The van der Waals surface area contributed by atoms with Crippen LogP contribution in [0.15, 0.2) is 23.1 Å². The first-order valence-corrected chi connectivity index (χ1v) is 7.91. The molecule has 0 spiro atoms. The van der Waals surface area contributed by atoms with Crippen LogP contribution in [0.1, 0.15) is 25.0 Å². The highest BCUT2D eigenvalue weighted by molar-refractivity contribution is 9.09. The zero-order chi connectivity index (χ0) is 12.1. The molecule has 0 aliphatic heterocycles. The second-order valence-corrected chi connectivity index (χ2v) is 6.45. The first-order valence-electron chi connectivity index (χ1n) is 5.80. The van der Waals surface area contributed by atoms with E-state index in [2.05, 4.69) is 61.8 Å². The fourth-order valence-electron chi connectivity index (χ4n) is 1.57. The molecule has 0 aromatic heterocycles. The van der Waals surface area contributed by atoms with E-state index < -0.39 is 0 Å². The number of thioether (sulfide) groups is 1. The molecule has 0 saturated heterocycles. The van der Waals surface area contributed by atoms with E-state index >= 15 is 0 Å². The predicted octanol–water partition coefficient (Wildman–Crippen LogP) is 5.06. The summed E-state index contributed by atoms with van der Waals surface area (Å²) >= 11 is 5.59. The summed E-state index contributed by atoms with van der Waals surface area (Å²) in [6.07, 6.45) is 0. The number of hydrogen-bond acceptors (Lipinski definition) is 1. The first kappa shape index (κ1) is 14.1. The van der Waals surface area contributed by atoms with Gasteiger partial charge in [0, 0.05) is 16.0 Å². The Morgan fingerprint density at radius 3 is 2.44 bits per heavy atom. The molecule has 0 fully saturated rings. The van der Waals surface area contributed by atoms with Gasteiger partial charge in [0.15, 0.2) is 0 Å². The molecule has 90 valence electrons. The van der Waals surface area contributed by atoms with Crippen LogP contribution in [-0.4, -0.2) is 11.1 Å². The van der Waals surface area contributed by atoms with E-state index in [1.165, 1.54) is 21.8 Å². The smallest absolute Gasteiger partial charge is 0.0101 e. The Hall–Kier alpha value is 0.0500. The van der Waals surface area contributed by atoms with E-state index in [4.69, 9.17) is 0 Å². The highest BCUT2D eigenvalue weighted by Gasteiger charge is 2.12. The van der Waals surface area contributed by atoms with Gasteiger partial charge in [-0.15, -0.1) is 11.8 Å². The van der Waals surface area contributed by atoms with Crippen molar-refractivity contribution in [2.45, 2.75) is 32.6 Å². The number of hydrogen-bond donors (Lipinski definition) is 0. The molecule has 2 heteroatoms. The Morgan fingerprint density at radius 1 is 1.25 bits per heavy atom. The van der Waals surface area contributed by atoms with Crippen LogP contribution >= 0.6 is 27.7 Å². The minimum Gasteiger partial charge on any atom is -0.126 e. The summed E-state index contributed by atoms with van der Waals surface area (Å²) in [6, 6.07) is 6.72. The van der Waals surface area contributed by atoms with Crippen LogP contribution in [0.5, 0.6) is 0 Å². The van der Waals surface area contributed by atoms with Gasteiger partial charge < -0.3 is 0 Å². The minimum absolute atomic E-state index is 0.748. The van der Waals surface area contributed by atoms with Crippen LogP contribution < -0.4 is 0 Å². The van der Waals surface area contributed by atoms with Gasteiger partial charge in [0.25, 0.3) is 0 Å². The second kappa shape index (κ2) is 6.70. The molecule has 0 bridgehead atoms. The van der Waals surface area contributed by atoms with Crippen LogP contribution in [-0.2, 0) is 0 Å². The summed E-state index contributed by atoms with van der Waals surface area (Å²) < 4.78 is 0. The van der Waals surface area contributed by atoms with Crippen molar-refractivity contribution in [2.75, 3.05) is 11.1 Å². The minimum atomic E-state index is 0.748. The van der Waals surface area contributed by atoms with Crippen molar-refractivity contribution in [3.8, 4) is 0 Å². The van der Waals surface area contributed by atoms with E-state index in [0.29, 0.717) is 0 Å². The van der Waals surface area contributed by atoms with Crippen LogP contribution in [0.3, 0.4) is 0 Å². The lowest BCUT2D eigenvalue weighted by atomic mass is 10.0. The van der Waals surface area contributed by atoms with Crippen molar-refractivity contribution >= 4 is 27.7 Å². The molecule has 1 aromatic rings. The molecule has 1 aromatic carbocycles. The SMILES string of the molecule is Cc1ccc(SCC(CBr)C(C)C)c(C)c1. The largest absolute Gasteiger partial charge is 0.126 e. The Bertz CT molecular complexity index is 334. The molecule has 0 saturated carbocycles. The van der Waals surface area contributed by atoms with Crippen molar-refractivity contribution in [1.82, 2.24) is 0 Å². The van der Waals surface area contributed by atoms with Gasteiger partial charge in [-0.2, -0.15) is 0 Å². The molecule has 0 heterocycles. The van der Waals surface area contributed by atoms with Gasteiger partial charge in [0.1, 0.15) is 0 Å². The van der Waals surface area contributed by atoms with Crippen molar-refractivity contribution in [1.29, 1.82) is 0 Å². The van der Waals surface area contributed by atoms with E-state index in [1.807, 2.05) is 11.8 Å². The maximum atomic E-state index is 3.61. The van der Waals surface area contributed by atoms with Gasteiger partial charge in [-0.3, -0.25) is 0 Å². The maximum Gasteiger partial charge on any atom is 0.0101 e. The van der Waals surface area contributed by atoms with Gasteiger partial charge in [0.05, 0.1) is 0 Å². The van der Waals surface area contributed by atoms with Gasteiger partial charge in [-0.05, 0) is 37.3 Å². The molecular weight excluding hydrogens is 280 g/mol. The summed E-state index contributed by atoms with van der Waals surface area (Å²) in [4.78, 5) is 1.43. The molecular formula is C14H21BrS. The highest BCUT2D eigenvalue weighted by Crippen LogP contribution is 2.28. The summed E-state index contributed by atoms with van der Waals surface area (Å²) in [7, 11) is 0. The zero-order valence-electron chi connectivity index (χ0n) is 10.6.